The van der Waals surface area contributed by atoms with Gasteiger partial charge in [-0.15, -0.1) is 0 Å². The Labute approximate surface area is 134 Å². The third-order valence-electron chi connectivity index (χ3n) is 2.83. The predicted molar refractivity (Wildman–Crippen MR) is 86.9 cm³/mol. The van der Waals surface area contributed by atoms with E-state index in [4.69, 9.17) is 9.47 Å². The first-order valence-corrected chi connectivity index (χ1v) is 7.07. The average molecular weight is 308 g/mol. The maximum absolute atomic E-state index is 11.6. The van der Waals surface area contributed by atoms with Crippen molar-refractivity contribution in [3.8, 4) is 0 Å². The van der Waals surface area contributed by atoms with E-state index < -0.39 is 5.97 Å². The van der Waals surface area contributed by atoms with Gasteiger partial charge in [-0.1, -0.05) is 42.5 Å². The molecule has 0 aliphatic heterocycles. The molecule has 0 spiro atoms. The van der Waals surface area contributed by atoms with Crippen LogP contribution in [0.4, 0.5) is 0 Å². The predicted octanol–water partition coefficient (Wildman–Crippen LogP) is 3.77. The Balaban J connectivity index is 1.69. The second kappa shape index (κ2) is 9.00. The summed E-state index contributed by atoms with van der Waals surface area (Å²) < 4.78 is 10.0. The van der Waals surface area contributed by atoms with Gasteiger partial charge in [-0.2, -0.15) is 0 Å². The second-order valence-corrected chi connectivity index (χ2v) is 4.49. The van der Waals surface area contributed by atoms with Crippen molar-refractivity contribution in [2.75, 3.05) is 6.61 Å². The third-order valence-corrected chi connectivity index (χ3v) is 2.83. The summed E-state index contributed by atoms with van der Waals surface area (Å²) in [5.74, 6) is -0.805. The largest absolute Gasteiger partial charge is 0.458 e. The molecule has 0 saturated heterocycles. The molecule has 2 rings (SSSR count). The monoisotopic (exact) mass is 308 g/mol. The van der Waals surface area contributed by atoms with E-state index in [2.05, 4.69) is 0 Å². The van der Waals surface area contributed by atoms with E-state index in [1.165, 1.54) is 6.26 Å². The number of rotatable bonds is 6. The van der Waals surface area contributed by atoms with Crippen LogP contribution in [-0.2, 0) is 9.47 Å². The van der Waals surface area contributed by atoms with Crippen LogP contribution in [0.25, 0.3) is 0 Å². The van der Waals surface area contributed by atoms with Gasteiger partial charge >= 0.3 is 11.9 Å². The summed E-state index contributed by atoms with van der Waals surface area (Å²) in [4.78, 5) is 23.2. The number of benzene rings is 2. The molecule has 4 nitrogen and oxygen atoms in total. The first-order valence-electron chi connectivity index (χ1n) is 7.07. The summed E-state index contributed by atoms with van der Waals surface area (Å²) >= 11 is 0. The van der Waals surface area contributed by atoms with Crippen LogP contribution in [0.1, 0.15) is 20.7 Å². The van der Waals surface area contributed by atoms with E-state index in [0.717, 1.165) is 0 Å². The molecule has 0 aliphatic rings. The Bertz CT molecular complexity index is 688. The van der Waals surface area contributed by atoms with Crippen molar-refractivity contribution in [3.05, 3.63) is 96.3 Å². The molecular weight excluding hydrogens is 292 g/mol. The van der Waals surface area contributed by atoms with Gasteiger partial charge in [-0.25, -0.2) is 9.59 Å². The van der Waals surface area contributed by atoms with E-state index in [0.29, 0.717) is 11.1 Å². The molecule has 0 N–H and O–H groups in total. The molecule has 0 bridgehead atoms. The maximum Gasteiger partial charge on any atom is 0.342 e. The fourth-order valence-electron chi connectivity index (χ4n) is 1.70. The van der Waals surface area contributed by atoms with Gasteiger partial charge in [0.05, 0.1) is 17.4 Å². The van der Waals surface area contributed by atoms with E-state index in [-0.39, 0.29) is 12.6 Å². The van der Waals surface area contributed by atoms with Crippen LogP contribution in [-0.4, -0.2) is 18.5 Å². The van der Waals surface area contributed by atoms with Crippen LogP contribution in [0.2, 0.25) is 0 Å². The molecule has 116 valence electrons. The Morgan fingerprint density at radius 3 is 1.96 bits per heavy atom. The maximum atomic E-state index is 11.6. The molecule has 0 amide bonds. The minimum absolute atomic E-state index is 0.144. The fraction of sp³-hybridized carbons (Fsp3) is 0.0526. The molecule has 4 heteroatoms. The number of carbonyl (C=O) groups is 2. The van der Waals surface area contributed by atoms with Crippen molar-refractivity contribution in [2.45, 2.75) is 0 Å². The Kier molecular flexibility index (Phi) is 6.35. The fourth-order valence-corrected chi connectivity index (χ4v) is 1.70. The molecule has 0 unspecified atom stereocenters. The lowest BCUT2D eigenvalue weighted by molar-refractivity contribution is 0.0549. The Morgan fingerprint density at radius 1 is 0.783 bits per heavy atom. The van der Waals surface area contributed by atoms with E-state index >= 15 is 0 Å². The van der Waals surface area contributed by atoms with Gasteiger partial charge < -0.3 is 9.47 Å². The Morgan fingerprint density at radius 2 is 1.35 bits per heavy atom. The first-order chi connectivity index (χ1) is 11.3. The van der Waals surface area contributed by atoms with Crippen molar-refractivity contribution in [1.82, 2.24) is 0 Å². The van der Waals surface area contributed by atoms with Crippen LogP contribution < -0.4 is 0 Å². The topological polar surface area (TPSA) is 52.6 Å². The summed E-state index contributed by atoms with van der Waals surface area (Å²) in [5, 5.41) is 0. The zero-order chi connectivity index (χ0) is 16.3. The van der Waals surface area contributed by atoms with Gasteiger partial charge in [0, 0.05) is 0 Å². The lowest BCUT2D eigenvalue weighted by Crippen LogP contribution is -2.04. The van der Waals surface area contributed by atoms with Gasteiger partial charge in [0.25, 0.3) is 0 Å². The number of ether oxygens (including phenoxy) is 2. The van der Waals surface area contributed by atoms with E-state index in [1.807, 2.05) is 12.1 Å². The minimum atomic E-state index is -0.425. The van der Waals surface area contributed by atoms with E-state index in [9.17, 15) is 9.59 Å². The highest BCUT2D eigenvalue weighted by Crippen LogP contribution is 2.02. The highest BCUT2D eigenvalue weighted by Gasteiger charge is 2.04. The summed E-state index contributed by atoms with van der Waals surface area (Å²) in [6, 6.07) is 17.5. The zero-order valence-corrected chi connectivity index (χ0v) is 12.4. The lowest BCUT2D eigenvalue weighted by Gasteiger charge is -2.00. The van der Waals surface area contributed by atoms with Crippen LogP contribution in [0, 0.1) is 0 Å². The summed E-state index contributed by atoms with van der Waals surface area (Å²) in [5.41, 5.74) is 0.992. The quantitative estimate of drug-likeness (QED) is 0.463. The molecule has 0 atom stereocenters. The lowest BCUT2D eigenvalue weighted by atomic mass is 10.2. The molecule has 0 heterocycles. The highest BCUT2D eigenvalue weighted by molar-refractivity contribution is 5.90. The molecule has 0 saturated carbocycles. The molecule has 0 radical (unpaired) electrons. The van der Waals surface area contributed by atoms with Gasteiger partial charge in [-0.3, -0.25) is 0 Å². The third kappa shape index (κ3) is 5.63. The summed E-state index contributed by atoms with van der Waals surface area (Å²) in [6.45, 7) is 0.144. The average Bonchev–Trinajstić information content (AvgIpc) is 2.62. The van der Waals surface area contributed by atoms with Gasteiger partial charge in [0.1, 0.15) is 6.61 Å². The number of allylic oxidation sites excluding steroid dienone is 2. The van der Waals surface area contributed by atoms with Crippen molar-refractivity contribution in [2.24, 2.45) is 0 Å². The zero-order valence-electron chi connectivity index (χ0n) is 12.4. The SMILES string of the molecule is O=C(O/C=C/C=C/COC(=O)c1ccccc1)c1ccccc1. The van der Waals surface area contributed by atoms with Crippen LogP contribution >= 0.6 is 0 Å². The molecule has 2 aromatic rings. The van der Waals surface area contributed by atoms with Gasteiger partial charge in [0.15, 0.2) is 0 Å². The van der Waals surface area contributed by atoms with Crippen molar-refractivity contribution in [3.63, 3.8) is 0 Å². The van der Waals surface area contributed by atoms with Crippen LogP contribution in [0.5, 0.6) is 0 Å². The molecule has 23 heavy (non-hydrogen) atoms. The Hall–Kier alpha value is -3.14. The van der Waals surface area contributed by atoms with E-state index in [1.54, 1.807) is 66.8 Å². The van der Waals surface area contributed by atoms with Gasteiger partial charge in [-0.05, 0) is 36.4 Å². The van der Waals surface area contributed by atoms with Gasteiger partial charge in [0.2, 0.25) is 0 Å². The molecule has 0 fully saturated rings. The molecular formula is C19H16O4. The van der Waals surface area contributed by atoms with Crippen molar-refractivity contribution in [1.29, 1.82) is 0 Å². The second-order valence-electron chi connectivity index (χ2n) is 4.49. The molecule has 2 aromatic carbocycles. The number of hydrogen-bond donors (Lipinski definition) is 0. The first kappa shape index (κ1) is 16.2. The van der Waals surface area contributed by atoms with Crippen molar-refractivity contribution >= 4 is 11.9 Å². The standard InChI is InChI=1S/C19H16O4/c20-18(16-10-4-1-5-11-16)22-14-8-3-9-15-23-19(21)17-12-6-2-7-13-17/h1-14H,15H2/b9-3+,14-8+. The highest BCUT2D eigenvalue weighted by atomic mass is 16.5. The van der Waals surface area contributed by atoms with Crippen LogP contribution in [0.15, 0.2) is 85.2 Å². The number of hydrogen-bond acceptors (Lipinski definition) is 4. The molecule has 0 aliphatic carbocycles. The minimum Gasteiger partial charge on any atom is -0.458 e. The number of carbonyl (C=O) groups excluding carboxylic acids is 2. The number of esters is 2. The molecule has 0 aromatic heterocycles. The normalized spacial score (nSPS) is 10.8. The summed E-state index contributed by atoms with van der Waals surface area (Å²) in [6.07, 6.45) is 6.12. The van der Waals surface area contributed by atoms with Crippen molar-refractivity contribution < 1.29 is 19.1 Å². The van der Waals surface area contributed by atoms with Crippen LogP contribution in [0.3, 0.4) is 0 Å². The smallest absolute Gasteiger partial charge is 0.342 e. The summed E-state index contributed by atoms with van der Waals surface area (Å²) in [7, 11) is 0.